The van der Waals surface area contributed by atoms with Crippen molar-refractivity contribution in [2.24, 2.45) is 0 Å². The SMILES string of the molecule is CCC1(Oc2cc(C(=O)[O-])ccc2C(F)(F)F)CC2CCC1S2. The summed E-state index contributed by atoms with van der Waals surface area (Å²) in [6, 6.07) is 2.59. The van der Waals surface area contributed by atoms with E-state index < -0.39 is 29.1 Å². The largest absolute Gasteiger partial charge is 0.545 e. The molecule has 3 atom stereocenters. The van der Waals surface area contributed by atoms with Gasteiger partial charge in [0.2, 0.25) is 0 Å². The minimum absolute atomic E-state index is 0.158. The van der Waals surface area contributed by atoms with Crippen LogP contribution in [-0.4, -0.2) is 22.1 Å². The first-order valence-electron chi connectivity index (χ1n) is 7.52. The molecule has 0 amide bonds. The molecule has 0 N–H and O–H groups in total. The van der Waals surface area contributed by atoms with Gasteiger partial charge in [-0.2, -0.15) is 24.9 Å². The third-order valence-corrected chi connectivity index (χ3v) is 6.48. The molecule has 0 aromatic heterocycles. The van der Waals surface area contributed by atoms with Gasteiger partial charge in [-0.1, -0.05) is 13.0 Å². The second-order valence-corrected chi connectivity index (χ2v) is 7.55. The van der Waals surface area contributed by atoms with Gasteiger partial charge in [0.05, 0.1) is 11.5 Å². The highest BCUT2D eigenvalue weighted by atomic mass is 32.2. The van der Waals surface area contributed by atoms with Crippen molar-refractivity contribution in [2.45, 2.75) is 54.9 Å². The van der Waals surface area contributed by atoms with Gasteiger partial charge < -0.3 is 14.6 Å². The number of thioether (sulfide) groups is 1. The van der Waals surface area contributed by atoms with Crippen LogP contribution in [0.3, 0.4) is 0 Å². The van der Waals surface area contributed by atoms with E-state index in [1.54, 1.807) is 11.8 Å². The lowest BCUT2D eigenvalue weighted by Gasteiger charge is -2.37. The molecule has 2 aliphatic rings. The number of carbonyl (C=O) groups excluding carboxylic acids is 1. The van der Waals surface area contributed by atoms with Gasteiger partial charge in [-0.15, -0.1) is 0 Å². The number of alkyl halides is 3. The van der Waals surface area contributed by atoms with E-state index in [1.807, 2.05) is 6.92 Å². The molecule has 1 aromatic carbocycles. The molecule has 3 unspecified atom stereocenters. The molecule has 3 nitrogen and oxygen atoms in total. The van der Waals surface area contributed by atoms with Gasteiger partial charge in [-0.25, -0.2) is 0 Å². The van der Waals surface area contributed by atoms with Crippen LogP contribution in [0, 0.1) is 0 Å². The average Bonchev–Trinajstić information content (AvgIpc) is 3.07. The van der Waals surface area contributed by atoms with E-state index in [0.29, 0.717) is 18.1 Å². The van der Waals surface area contributed by atoms with Crippen LogP contribution in [0.2, 0.25) is 0 Å². The van der Waals surface area contributed by atoms with E-state index >= 15 is 0 Å². The fourth-order valence-electron chi connectivity index (χ4n) is 3.50. The highest BCUT2D eigenvalue weighted by Gasteiger charge is 2.53. The molecule has 0 radical (unpaired) electrons. The number of hydrogen-bond acceptors (Lipinski definition) is 4. The van der Waals surface area contributed by atoms with Gasteiger partial charge in [-0.05, 0) is 31.4 Å². The van der Waals surface area contributed by atoms with Gasteiger partial charge in [-0.3, -0.25) is 0 Å². The predicted molar refractivity (Wildman–Crippen MR) is 78.4 cm³/mol. The summed E-state index contributed by atoms with van der Waals surface area (Å²) in [5.74, 6) is -1.93. The van der Waals surface area contributed by atoms with Crippen LogP contribution in [0.1, 0.15) is 48.5 Å². The van der Waals surface area contributed by atoms with E-state index in [-0.39, 0.29) is 10.8 Å². The maximum Gasteiger partial charge on any atom is 0.419 e. The van der Waals surface area contributed by atoms with Crippen LogP contribution in [0.5, 0.6) is 5.75 Å². The number of carboxylic acid groups (broad SMARTS) is 1. The minimum atomic E-state index is -4.60. The number of ether oxygens (including phenoxy) is 1. The first-order chi connectivity index (χ1) is 10.7. The Labute approximate surface area is 136 Å². The van der Waals surface area contributed by atoms with E-state index in [2.05, 4.69) is 0 Å². The molecule has 2 fully saturated rings. The molecule has 2 heterocycles. The van der Waals surface area contributed by atoms with Crippen molar-refractivity contribution in [3.05, 3.63) is 29.3 Å². The van der Waals surface area contributed by atoms with Crippen molar-refractivity contribution in [2.75, 3.05) is 0 Å². The summed E-state index contributed by atoms with van der Waals surface area (Å²) < 4.78 is 45.5. The Morgan fingerprint density at radius 3 is 2.65 bits per heavy atom. The standard InChI is InChI=1S/C16H17F3O3S/c1-2-15(8-10-4-6-13(15)23-10)22-12-7-9(14(20)21)3-5-11(12)16(17,18)19/h3,5,7,10,13H,2,4,6,8H2,1H3,(H,20,21)/p-1. The normalized spacial score (nSPS) is 29.7. The Bertz CT molecular complexity index is 631. The Kier molecular flexibility index (Phi) is 4.02. The van der Waals surface area contributed by atoms with Crippen LogP contribution < -0.4 is 9.84 Å². The Hall–Kier alpha value is -1.37. The molecule has 2 bridgehead atoms. The summed E-state index contributed by atoms with van der Waals surface area (Å²) in [5.41, 5.74) is -1.91. The number of hydrogen-bond donors (Lipinski definition) is 0. The number of rotatable bonds is 4. The van der Waals surface area contributed by atoms with Crippen molar-refractivity contribution < 1.29 is 27.8 Å². The zero-order chi connectivity index (χ0) is 16.8. The van der Waals surface area contributed by atoms with E-state index in [9.17, 15) is 23.1 Å². The van der Waals surface area contributed by atoms with Crippen LogP contribution in [0.15, 0.2) is 18.2 Å². The number of fused-ring (bicyclic) bond motifs is 2. The summed E-state index contributed by atoms with van der Waals surface area (Å²) in [6.45, 7) is 1.90. The van der Waals surface area contributed by atoms with Crippen LogP contribution in [-0.2, 0) is 6.18 Å². The number of halogens is 3. The minimum Gasteiger partial charge on any atom is -0.545 e. The van der Waals surface area contributed by atoms with Gasteiger partial charge >= 0.3 is 6.18 Å². The van der Waals surface area contributed by atoms with Crippen LogP contribution in [0.25, 0.3) is 0 Å². The zero-order valence-corrected chi connectivity index (χ0v) is 13.3. The summed E-state index contributed by atoms with van der Waals surface area (Å²) in [5, 5.41) is 11.5. The first-order valence-corrected chi connectivity index (χ1v) is 8.46. The Morgan fingerprint density at radius 2 is 2.17 bits per heavy atom. The Balaban J connectivity index is 2.00. The van der Waals surface area contributed by atoms with Crippen molar-refractivity contribution in [1.82, 2.24) is 0 Å². The molecule has 1 aromatic rings. The van der Waals surface area contributed by atoms with E-state index in [4.69, 9.17) is 4.74 Å². The quantitative estimate of drug-likeness (QED) is 0.840. The predicted octanol–water partition coefficient (Wildman–Crippen LogP) is 3.26. The third-order valence-electron chi connectivity index (χ3n) is 4.70. The summed E-state index contributed by atoms with van der Waals surface area (Å²) in [4.78, 5) is 11.0. The summed E-state index contributed by atoms with van der Waals surface area (Å²) in [7, 11) is 0. The molecular weight excluding hydrogens is 329 g/mol. The first kappa shape index (κ1) is 16.5. The van der Waals surface area contributed by atoms with Crippen molar-refractivity contribution in [3.8, 4) is 5.75 Å². The number of benzene rings is 1. The maximum atomic E-state index is 13.2. The number of carbonyl (C=O) groups is 1. The fraction of sp³-hybridized carbons (Fsp3) is 0.562. The van der Waals surface area contributed by atoms with Crippen LogP contribution in [0.4, 0.5) is 13.2 Å². The molecule has 2 saturated heterocycles. The molecule has 23 heavy (non-hydrogen) atoms. The number of carboxylic acids is 1. The van der Waals surface area contributed by atoms with Crippen molar-refractivity contribution >= 4 is 17.7 Å². The second kappa shape index (κ2) is 5.61. The molecule has 0 spiro atoms. The van der Waals surface area contributed by atoms with Gasteiger partial charge in [0, 0.05) is 22.5 Å². The highest BCUT2D eigenvalue weighted by molar-refractivity contribution is 8.01. The van der Waals surface area contributed by atoms with E-state index in [1.165, 1.54) is 0 Å². The smallest absolute Gasteiger partial charge is 0.419 e. The van der Waals surface area contributed by atoms with Gasteiger partial charge in [0.15, 0.2) is 0 Å². The molecular formula is C16H16F3O3S-. The van der Waals surface area contributed by atoms with E-state index in [0.717, 1.165) is 31.0 Å². The second-order valence-electron chi connectivity index (χ2n) is 6.04. The van der Waals surface area contributed by atoms with Crippen molar-refractivity contribution in [1.29, 1.82) is 0 Å². The average molecular weight is 345 g/mol. The maximum absolute atomic E-state index is 13.2. The lowest BCUT2D eigenvalue weighted by Crippen LogP contribution is -2.44. The molecule has 3 rings (SSSR count). The summed E-state index contributed by atoms with van der Waals surface area (Å²) in [6.07, 6.45) is -1.32. The lowest BCUT2D eigenvalue weighted by atomic mass is 9.82. The summed E-state index contributed by atoms with van der Waals surface area (Å²) >= 11 is 1.77. The Morgan fingerprint density at radius 1 is 1.43 bits per heavy atom. The van der Waals surface area contributed by atoms with Crippen LogP contribution >= 0.6 is 11.8 Å². The molecule has 2 aliphatic heterocycles. The monoisotopic (exact) mass is 345 g/mol. The highest BCUT2D eigenvalue weighted by Crippen LogP contribution is 2.55. The molecule has 0 saturated carbocycles. The van der Waals surface area contributed by atoms with Gasteiger partial charge in [0.1, 0.15) is 11.4 Å². The molecule has 0 aliphatic carbocycles. The molecule has 7 heteroatoms. The van der Waals surface area contributed by atoms with Gasteiger partial charge in [0.25, 0.3) is 0 Å². The molecule has 126 valence electrons. The van der Waals surface area contributed by atoms with Crippen molar-refractivity contribution in [3.63, 3.8) is 0 Å². The number of aromatic carboxylic acids is 1. The lowest BCUT2D eigenvalue weighted by molar-refractivity contribution is -0.255. The third kappa shape index (κ3) is 2.91. The zero-order valence-electron chi connectivity index (χ0n) is 12.5. The topological polar surface area (TPSA) is 49.4 Å². The fourth-order valence-corrected chi connectivity index (χ4v) is 5.44.